The summed E-state index contributed by atoms with van der Waals surface area (Å²) in [5, 5.41) is 10.4. The van der Waals surface area contributed by atoms with Gasteiger partial charge in [-0.1, -0.05) is 39.3 Å². The van der Waals surface area contributed by atoms with Crippen molar-refractivity contribution in [2.45, 2.75) is 117 Å². The molecule has 4 aliphatic rings. The van der Waals surface area contributed by atoms with Crippen molar-refractivity contribution in [1.82, 2.24) is 0 Å². The van der Waals surface area contributed by atoms with Gasteiger partial charge in [0.15, 0.2) is 0 Å². The summed E-state index contributed by atoms with van der Waals surface area (Å²) in [5.41, 5.74) is 2.12. The van der Waals surface area contributed by atoms with Crippen molar-refractivity contribution in [3.8, 4) is 0 Å². The fourth-order valence-electron chi connectivity index (χ4n) is 9.09. The third-order valence-corrected chi connectivity index (χ3v) is 10.9. The fraction of sp³-hybridized carbons (Fsp3) is 0.931. The Bertz CT molecular complexity index is 673. The normalized spacial score (nSPS) is 43.8. The van der Waals surface area contributed by atoms with Gasteiger partial charge in [0.1, 0.15) is 0 Å². The third kappa shape index (κ3) is 4.18. The minimum atomic E-state index is -0.538. The molecule has 2 nitrogen and oxygen atoms in total. The van der Waals surface area contributed by atoms with Crippen molar-refractivity contribution in [1.29, 1.82) is 0 Å². The molecule has 0 heterocycles. The fourth-order valence-corrected chi connectivity index (χ4v) is 9.09. The third-order valence-electron chi connectivity index (χ3n) is 10.9. The molecule has 0 unspecified atom stereocenters. The van der Waals surface area contributed by atoms with Crippen LogP contribution in [0.25, 0.3) is 0 Å². The Morgan fingerprint density at radius 2 is 1.84 bits per heavy atom. The molecule has 0 saturated heterocycles. The molecule has 31 heavy (non-hydrogen) atoms. The number of hydrogen-bond donors (Lipinski definition) is 1. The van der Waals surface area contributed by atoms with Crippen LogP contribution < -0.4 is 0 Å². The smallest absolute Gasteiger partial charge is 0.0608 e. The monoisotopic (exact) mass is 430 g/mol. The van der Waals surface area contributed by atoms with E-state index in [9.17, 15) is 5.11 Å². The highest BCUT2D eigenvalue weighted by molar-refractivity contribution is 5.25. The quantitative estimate of drug-likeness (QED) is 0.445. The average molecular weight is 431 g/mol. The molecule has 0 amide bonds. The number of fused-ring (bicyclic) bond motifs is 5. The largest absolute Gasteiger partial charge is 0.390 e. The van der Waals surface area contributed by atoms with Gasteiger partial charge in [-0.3, -0.25) is 0 Å². The highest BCUT2D eigenvalue weighted by Crippen LogP contribution is 2.67. The first-order chi connectivity index (χ1) is 14.5. The van der Waals surface area contributed by atoms with Gasteiger partial charge in [0.2, 0.25) is 0 Å². The van der Waals surface area contributed by atoms with Crippen LogP contribution in [0.4, 0.5) is 0 Å². The van der Waals surface area contributed by atoms with E-state index in [2.05, 4.69) is 33.8 Å². The van der Waals surface area contributed by atoms with E-state index in [1.165, 1.54) is 57.8 Å². The molecule has 0 aromatic carbocycles. The summed E-state index contributed by atoms with van der Waals surface area (Å²) >= 11 is 0. The molecule has 178 valence electrons. The molecular formula is C29H50O2. The molecular weight excluding hydrogens is 380 g/mol. The summed E-state index contributed by atoms with van der Waals surface area (Å²) in [6.07, 6.45) is 16.0. The lowest BCUT2D eigenvalue weighted by Gasteiger charge is -2.58. The van der Waals surface area contributed by atoms with E-state index < -0.39 is 5.60 Å². The van der Waals surface area contributed by atoms with Gasteiger partial charge < -0.3 is 9.84 Å². The minimum Gasteiger partial charge on any atom is -0.390 e. The summed E-state index contributed by atoms with van der Waals surface area (Å²) in [6.45, 7) is 14.1. The van der Waals surface area contributed by atoms with Crippen LogP contribution >= 0.6 is 0 Å². The minimum absolute atomic E-state index is 0.426. The highest BCUT2D eigenvalue weighted by atomic mass is 16.5. The molecule has 2 heteroatoms. The maximum atomic E-state index is 10.4. The van der Waals surface area contributed by atoms with Crippen LogP contribution in [0.2, 0.25) is 0 Å². The number of rotatable bonds is 6. The lowest BCUT2D eigenvalue weighted by atomic mass is 9.46. The van der Waals surface area contributed by atoms with Gasteiger partial charge in [0, 0.05) is 7.11 Å². The Morgan fingerprint density at radius 3 is 2.48 bits per heavy atom. The number of hydrogen-bond acceptors (Lipinski definition) is 2. The van der Waals surface area contributed by atoms with Crippen LogP contribution in [0, 0.1) is 46.3 Å². The van der Waals surface area contributed by atoms with Crippen LogP contribution in [0.15, 0.2) is 11.6 Å². The van der Waals surface area contributed by atoms with Gasteiger partial charge in [-0.05, 0) is 124 Å². The van der Waals surface area contributed by atoms with Gasteiger partial charge in [-0.2, -0.15) is 0 Å². The number of allylic oxidation sites excluding steroid dienone is 1. The number of aliphatic hydroxyl groups is 1. The number of methoxy groups -OCH3 is 1. The molecule has 4 aliphatic carbocycles. The van der Waals surface area contributed by atoms with Crippen LogP contribution in [-0.2, 0) is 4.74 Å². The van der Waals surface area contributed by atoms with Crippen molar-refractivity contribution < 1.29 is 9.84 Å². The molecule has 0 aromatic rings. The van der Waals surface area contributed by atoms with E-state index in [4.69, 9.17) is 4.74 Å². The Labute approximate surface area is 192 Å². The van der Waals surface area contributed by atoms with E-state index >= 15 is 0 Å². The Hall–Kier alpha value is -0.340. The zero-order valence-corrected chi connectivity index (χ0v) is 21.5. The van der Waals surface area contributed by atoms with Crippen molar-refractivity contribution >= 4 is 0 Å². The second kappa shape index (κ2) is 8.46. The predicted octanol–water partition coefficient (Wildman–Crippen LogP) is 7.40. The molecule has 4 rings (SSSR count). The summed E-state index contributed by atoms with van der Waals surface area (Å²) in [4.78, 5) is 0. The van der Waals surface area contributed by atoms with E-state index in [0.29, 0.717) is 22.9 Å². The standard InChI is InChI=1S/C29H50O2/c1-19(2)22(13-15-27(3,4)30)24-10-11-25-23-9-8-20-18-21(31-7)12-16-28(20,5)26(23)14-17-29(24,25)6/h8,19,21-26,30H,9-18H2,1-7H3/t21-,22-,23-,24+,25-,26-,28-,29+/m0/s1. The Kier molecular flexibility index (Phi) is 6.50. The molecule has 3 saturated carbocycles. The van der Waals surface area contributed by atoms with Gasteiger partial charge in [-0.15, -0.1) is 0 Å². The van der Waals surface area contributed by atoms with E-state index in [-0.39, 0.29) is 0 Å². The van der Waals surface area contributed by atoms with Crippen LogP contribution in [-0.4, -0.2) is 23.9 Å². The summed E-state index contributed by atoms with van der Waals surface area (Å²) in [7, 11) is 1.90. The second-order valence-corrected chi connectivity index (χ2v) is 13.3. The van der Waals surface area contributed by atoms with Gasteiger partial charge >= 0.3 is 0 Å². The molecule has 8 atom stereocenters. The molecule has 0 bridgehead atoms. The van der Waals surface area contributed by atoms with Crippen molar-refractivity contribution in [2.75, 3.05) is 7.11 Å². The van der Waals surface area contributed by atoms with Gasteiger partial charge in [-0.25, -0.2) is 0 Å². The molecule has 0 spiro atoms. The van der Waals surface area contributed by atoms with Gasteiger partial charge in [0.25, 0.3) is 0 Å². The van der Waals surface area contributed by atoms with E-state index in [1.807, 2.05) is 21.0 Å². The number of ether oxygens (including phenoxy) is 1. The SMILES string of the molecule is CO[C@H]1CC[C@@]2(C)C(=CC[C@H]3[C@@H]4CC[C@H]([C@@H](CCC(C)(C)O)C(C)C)[C@@]4(C)CC[C@@H]32)C1. The van der Waals surface area contributed by atoms with Crippen molar-refractivity contribution in [3.63, 3.8) is 0 Å². The molecule has 1 N–H and O–H groups in total. The lowest BCUT2D eigenvalue weighted by Crippen LogP contribution is -2.51. The lowest BCUT2D eigenvalue weighted by molar-refractivity contribution is -0.0661. The Balaban J connectivity index is 1.55. The molecule has 0 radical (unpaired) electrons. The zero-order valence-electron chi connectivity index (χ0n) is 21.5. The Morgan fingerprint density at radius 1 is 1.10 bits per heavy atom. The van der Waals surface area contributed by atoms with Crippen LogP contribution in [0.3, 0.4) is 0 Å². The first kappa shape index (κ1) is 23.8. The molecule has 0 aliphatic heterocycles. The van der Waals surface area contributed by atoms with Crippen molar-refractivity contribution in [3.05, 3.63) is 11.6 Å². The topological polar surface area (TPSA) is 29.5 Å². The van der Waals surface area contributed by atoms with Crippen LogP contribution in [0.1, 0.15) is 106 Å². The molecule has 3 fully saturated rings. The second-order valence-electron chi connectivity index (χ2n) is 13.3. The summed E-state index contributed by atoms with van der Waals surface area (Å²) in [6, 6.07) is 0. The first-order valence-corrected chi connectivity index (χ1v) is 13.4. The first-order valence-electron chi connectivity index (χ1n) is 13.4. The van der Waals surface area contributed by atoms with Crippen LogP contribution in [0.5, 0.6) is 0 Å². The van der Waals surface area contributed by atoms with Crippen molar-refractivity contribution in [2.24, 2.45) is 46.3 Å². The maximum Gasteiger partial charge on any atom is 0.0608 e. The van der Waals surface area contributed by atoms with Gasteiger partial charge in [0.05, 0.1) is 11.7 Å². The molecule has 0 aromatic heterocycles. The van der Waals surface area contributed by atoms with E-state index in [0.717, 1.165) is 36.0 Å². The average Bonchev–Trinajstić information content (AvgIpc) is 3.03. The summed E-state index contributed by atoms with van der Waals surface area (Å²) < 4.78 is 5.76. The predicted molar refractivity (Wildman–Crippen MR) is 130 cm³/mol. The summed E-state index contributed by atoms with van der Waals surface area (Å²) in [5.74, 6) is 4.97. The maximum absolute atomic E-state index is 10.4. The highest BCUT2D eigenvalue weighted by Gasteiger charge is 2.59. The zero-order chi connectivity index (χ0) is 22.6. The van der Waals surface area contributed by atoms with E-state index in [1.54, 1.807) is 5.57 Å².